The van der Waals surface area contributed by atoms with Gasteiger partial charge in [-0.05, 0) is 64.9 Å². The number of ether oxygens (including phenoxy) is 1. The molecule has 1 aromatic heterocycles. The van der Waals surface area contributed by atoms with Crippen molar-refractivity contribution in [3.8, 4) is 5.75 Å². The van der Waals surface area contributed by atoms with Gasteiger partial charge < -0.3 is 14.9 Å². The largest absolute Gasteiger partial charge is 0.489 e. The highest BCUT2D eigenvalue weighted by Gasteiger charge is 2.17. The third-order valence-corrected chi connectivity index (χ3v) is 5.34. The van der Waals surface area contributed by atoms with Gasteiger partial charge >= 0.3 is 5.82 Å². The van der Waals surface area contributed by atoms with Gasteiger partial charge in [0.05, 0.1) is 22.6 Å². The second-order valence-corrected chi connectivity index (χ2v) is 7.74. The monoisotopic (exact) mass is 457 g/mol. The van der Waals surface area contributed by atoms with Crippen molar-refractivity contribution in [1.82, 2.24) is 15.2 Å². The van der Waals surface area contributed by atoms with Gasteiger partial charge in [0.2, 0.25) is 0 Å². The summed E-state index contributed by atoms with van der Waals surface area (Å²) in [7, 11) is 0. The van der Waals surface area contributed by atoms with E-state index in [1.54, 1.807) is 13.8 Å². The van der Waals surface area contributed by atoms with Gasteiger partial charge in [-0.25, -0.2) is 5.43 Å². The quantitative estimate of drug-likeness (QED) is 0.240. The summed E-state index contributed by atoms with van der Waals surface area (Å²) in [6.45, 7) is 3.70. The van der Waals surface area contributed by atoms with Crippen molar-refractivity contribution in [3.05, 3.63) is 99.7 Å². The standard InChI is InChI=1S/C25H23N5O4/c1-17-14-24(30(32)33)28-29(17)15-25(31)27-26-18(2)19-10-12-22(13-11-19)34-16-21-8-5-7-20-6-3-4-9-23(20)21/h3-14H,15-16H2,1-2H3,(H,27,31)/b26-18-. The van der Waals surface area contributed by atoms with Gasteiger partial charge in [-0.3, -0.25) is 4.79 Å². The molecule has 0 atom stereocenters. The Hall–Kier alpha value is -4.53. The van der Waals surface area contributed by atoms with Gasteiger partial charge in [0.1, 0.15) is 18.9 Å². The Balaban J connectivity index is 1.34. The summed E-state index contributed by atoms with van der Waals surface area (Å²) in [5.41, 5.74) is 5.52. The Labute approximate surface area is 195 Å². The zero-order valence-corrected chi connectivity index (χ0v) is 18.8. The topological polar surface area (TPSA) is 112 Å². The number of nitrogens with zero attached hydrogens (tertiary/aromatic N) is 4. The predicted octanol–water partition coefficient (Wildman–Crippen LogP) is 4.37. The van der Waals surface area contributed by atoms with Crippen LogP contribution >= 0.6 is 0 Å². The van der Waals surface area contributed by atoms with Crippen molar-refractivity contribution in [1.29, 1.82) is 0 Å². The van der Waals surface area contributed by atoms with E-state index < -0.39 is 10.8 Å². The second kappa shape index (κ2) is 9.95. The number of benzene rings is 3. The van der Waals surface area contributed by atoms with E-state index in [0.29, 0.717) is 18.0 Å². The van der Waals surface area contributed by atoms with E-state index in [2.05, 4.69) is 39.9 Å². The molecule has 1 amide bonds. The molecule has 0 aliphatic carbocycles. The summed E-state index contributed by atoms with van der Waals surface area (Å²) < 4.78 is 7.23. The first kappa shape index (κ1) is 22.7. The Morgan fingerprint density at radius 3 is 2.59 bits per heavy atom. The first-order chi connectivity index (χ1) is 16.4. The average Bonchev–Trinajstić information content (AvgIpc) is 3.21. The third-order valence-electron chi connectivity index (χ3n) is 5.34. The average molecular weight is 457 g/mol. The summed E-state index contributed by atoms with van der Waals surface area (Å²) in [5.74, 6) is -0.00694. The molecular weight excluding hydrogens is 434 g/mol. The van der Waals surface area contributed by atoms with Crippen molar-refractivity contribution in [2.24, 2.45) is 5.10 Å². The predicted molar refractivity (Wildman–Crippen MR) is 129 cm³/mol. The minimum Gasteiger partial charge on any atom is -0.489 e. The maximum absolute atomic E-state index is 12.2. The van der Waals surface area contributed by atoms with Crippen LogP contribution in [0.15, 0.2) is 77.9 Å². The number of hydrogen-bond donors (Lipinski definition) is 1. The van der Waals surface area contributed by atoms with Gasteiger partial charge in [0.25, 0.3) is 5.91 Å². The molecule has 1 N–H and O–H groups in total. The fourth-order valence-corrected chi connectivity index (χ4v) is 3.50. The summed E-state index contributed by atoms with van der Waals surface area (Å²) in [5, 5.41) is 21.1. The number of fused-ring (bicyclic) bond motifs is 1. The minimum absolute atomic E-state index is 0.169. The third kappa shape index (κ3) is 5.26. The summed E-state index contributed by atoms with van der Waals surface area (Å²) in [6, 6.07) is 23.1. The van der Waals surface area contributed by atoms with Crippen LogP contribution in [0, 0.1) is 17.0 Å². The molecule has 4 rings (SSSR count). The highest BCUT2D eigenvalue weighted by atomic mass is 16.6. The fourth-order valence-electron chi connectivity index (χ4n) is 3.50. The molecule has 4 aromatic rings. The molecule has 3 aromatic carbocycles. The Morgan fingerprint density at radius 2 is 1.85 bits per heavy atom. The SMILES string of the molecule is C/C(=N/NC(=O)Cn1nc([N+](=O)[O-])cc1C)c1ccc(OCc2cccc3ccccc23)cc1. The first-order valence-electron chi connectivity index (χ1n) is 10.6. The number of amides is 1. The molecule has 0 unspecified atom stereocenters. The van der Waals surface area contributed by atoms with Crippen LogP contribution in [0.4, 0.5) is 5.82 Å². The lowest BCUT2D eigenvalue weighted by Crippen LogP contribution is -2.25. The Morgan fingerprint density at radius 1 is 1.12 bits per heavy atom. The zero-order valence-electron chi connectivity index (χ0n) is 18.8. The van der Waals surface area contributed by atoms with Crippen molar-refractivity contribution < 1.29 is 14.5 Å². The molecule has 0 saturated carbocycles. The molecule has 34 heavy (non-hydrogen) atoms. The number of hydrazone groups is 1. The van der Waals surface area contributed by atoms with Crippen molar-refractivity contribution in [2.75, 3.05) is 0 Å². The van der Waals surface area contributed by atoms with E-state index >= 15 is 0 Å². The number of carbonyl (C=O) groups is 1. The number of nitrogens with one attached hydrogen (secondary N) is 1. The molecule has 0 aliphatic rings. The van der Waals surface area contributed by atoms with Crippen LogP contribution in [-0.2, 0) is 17.9 Å². The second-order valence-electron chi connectivity index (χ2n) is 7.74. The Bertz CT molecular complexity index is 1370. The lowest BCUT2D eigenvalue weighted by Gasteiger charge is -2.10. The lowest BCUT2D eigenvalue weighted by molar-refractivity contribution is -0.389. The maximum atomic E-state index is 12.2. The van der Waals surface area contributed by atoms with E-state index in [1.807, 2.05) is 42.5 Å². The van der Waals surface area contributed by atoms with Crippen LogP contribution in [0.25, 0.3) is 10.8 Å². The molecule has 9 heteroatoms. The Kier molecular flexibility index (Phi) is 6.63. The molecule has 0 saturated heterocycles. The molecular formula is C25H23N5O4. The van der Waals surface area contributed by atoms with Crippen LogP contribution in [0.3, 0.4) is 0 Å². The highest BCUT2D eigenvalue weighted by molar-refractivity contribution is 5.99. The fraction of sp³-hybridized carbons (Fsp3) is 0.160. The van der Waals surface area contributed by atoms with Crippen molar-refractivity contribution in [2.45, 2.75) is 27.0 Å². The molecule has 0 fully saturated rings. The zero-order chi connectivity index (χ0) is 24.1. The van der Waals surface area contributed by atoms with Crippen molar-refractivity contribution in [3.63, 3.8) is 0 Å². The summed E-state index contributed by atoms with van der Waals surface area (Å²) >= 11 is 0. The molecule has 1 heterocycles. The van der Waals surface area contributed by atoms with Crippen LogP contribution in [0.5, 0.6) is 5.75 Å². The molecule has 9 nitrogen and oxygen atoms in total. The summed E-state index contributed by atoms with van der Waals surface area (Å²) in [6.07, 6.45) is 0. The molecule has 0 bridgehead atoms. The van der Waals surface area contributed by atoms with Crippen molar-refractivity contribution >= 4 is 28.2 Å². The highest BCUT2D eigenvalue weighted by Crippen LogP contribution is 2.21. The van der Waals surface area contributed by atoms with Crippen LogP contribution in [0.1, 0.15) is 23.7 Å². The number of rotatable bonds is 8. The van der Waals surface area contributed by atoms with E-state index in [1.165, 1.54) is 21.5 Å². The van der Waals surface area contributed by atoms with Gasteiger partial charge in [-0.2, -0.15) is 9.78 Å². The summed E-state index contributed by atoms with van der Waals surface area (Å²) in [4.78, 5) is 22.4. The molecule has 0 radical (unpaired) electrons. The van der Waals surface area contributed by atoms with Gasteiger partial charge in [-0.15, -0.1) is 0 Å². The maximum Gasteiger partial charge on any atom is 0.390 e. The van der Waals surface area contributed by atoms with Crippen LogP contribution in [-0.4, -0.2) is 26.3 Å². The van der Waals surface area contributed by atoms with E-state index in [4.69, 9.17) is 4.74 Å². The molecule has 0 aliphatic heterocycles. The molecule has 172 valence electrons. The van der Waals surface area contributed by atoms with E-state index in [0.717, 1.165) is 16.9 Å². The van der Waals surface area contributed by atoms with Gasteiger partial charge in [0, 0.05) is 0 Å². The number of aryl methyl sites for hydroxylation is 1. The molecule has 0 spiro atoms. The van der Waals surface area contributed by atoms with Gasteiger partial charge in [0.15, 0.2) is 0 Å². The smallest absolute Gasteiger partial charge is 0.390 e. The number of nitro groups is 1. The first-order valence-corrected chi connectivity index (χ1v) is 10.6. The van der Waals surface area contributed by atoms with Crippen LogP contribution < -0.4 is 10.2 Å². The van der Waals surface area contributed by atoms with E-state index in [9.17, 15) is 14.9 Å². The minimum atomic E-state index is -0.598. The van der Waals surface area contributed by atoms with Gasteiger partial charge in [-0.1, -0.05) is 42.5 Å². The van der Waals surface area contributed by atoms with E-state index in [-0.39, 0.29) is 12.4 Å². The lowest BCUT2D eigenvalue weighted by atomic mass is 10.1. The normalized spacial score (nSPS) is 11.4. The van der Waals surface area contributed by atoms with Crippen LogP contribution in [0.2, 0.25) is 0 Å². The number of hydrogen-bond acceptors (Lipinski definition) is 6. The number of carbonyl (C=O) groups excluding carboxylic acids is 1. The number of aromatic nitrogens is 2.